The molecule has 0 atom stereocenters. The Morgan fingerprint density at radius 2 is 1.36 bits per heavy atom. The van der Waals surface area contributed by atoms with Crippen LogP contribution in [0.5, 0.6) is 0 Å². The average Bonchev–Trinajstić information content (AvgIpc) is 1.99. The molecule has 3 fully saturated rings. The van der Waals surface area contributed by atoms with E-state index in [-0.39, 0.29) is 0 Å². The third kappa shape index (κ3) is 2.24. The van der Waals surface area contributed by atoms with Gasteiger partial charge in [0.15, 0.2) is 0 Å². The number of fused-ring (bicyclic) bond motifs is 6. The standard InChI is InChI=1S/C6H15N4.C3H7.Sn/c7-1-4-10(5-2-8)6-3-9;1-3-2;/h7-9H,1-6H2;3H,1-2H3;/q-3;;+3. The second kappa shape index (κ2) is 4.65. The van der Waals surface area contributed by atoms with Crippen molar-refractivity contribution in [1.82, 2.24) is 15.5 Å². The van der Waals surface area contributed by atoms with Crippen molar-refractivity contribution in [2.24, 2.45) is 0 Å². The van der Waals surface area contributed by atoms with E-state index >= 15 is 0 Å². The normalized spacial score (nSPS) is 39.2. The number of rotatable bonds is 1. The Kier molecular flexibility index (Phi) is 3.70. The Balaban J connectivity index is 2.12. The first-order valence-corrected chi connectivity index (χ1v) is 11.6. The van der Waals surface area contributed by atoms with Gasteiger partial charge in [-0.2, -0.15) is 0 Å². The molecule has 0 aromatic rings. The predicted molar refractivity (Wildman–Crippen MR) is 61.3 cm³/mol. The van der Waals surface area contributed by atoms with Crippen molar-refractivity contribution < 1.29 is 0 Å². The van der Waals surface area contributed by atoms with Crippen molar-refractivity contribution in [2.75, 3.05) is 39.3 Å². The van der Waals surface area contributed by atoms with Gasteiger partial charge in [0.2, 0.25) is 0 Å². The molecule has 3 rings (SSSR count). The van der Waals surface area contributed by atoms with E-state index in [4.69, 9.17) is 0 Å². The van der Waals surface area contributed by atoms with Crippen molar-refractivity contribution >= 4 is 19.2 Å². The molecule has 3 heterocycles. The molecule has 14 heavy (non-hydrogen) atoms. The van der Waals surface area contributed by atoms with Gasteiger partial charge in [-0.3, -0.25) is 0 Å². The summed E-state index contributed by atoms with van der Waals surface area (Å²) in [5.74, 6) is 0. The molecule has 0 amide bonds. The van der Waals surface area contributed by atoms with Gasteiger partial charge in [0, 0.05) is 0 Å². The molecule has 0 unspecified atom stereocenters. The zero-order valence-corrected chi connectivity index (χ0v) is 12.1. The molecule has 3 aliphatic heterocycles. The molecule has 4 nitrogen and oxygen atoms in total. The summed E-state index contributed by atoms with van der Waals surface area (Å²) in [6.07, 6.45) is 0. The summed E-state index contributed by atoms with van der Waals surface area (Å²) < 4.78 is 12.2. The summed E-state index contributed by atoms with van der Waals surface area (Å²) in [4.78, 5) is 2.53. The zero-order valence-electron chi connectivity index (χ0n) is 9.27. The Hall–Kier alpha value is 0.639. The molecule has 0 radical (unpaired) electrons. The molecule has 3 aliphatic rings. The van der Waals surface area contributed by atoms with Crippen LogP contribution in [0.2, 0.25) is 3.93 Å². The monoisotopic (exact) mass is 306 g/mol. The van der Waals surface area contributed by atoms with Crippen molar-refractivity contribution in [3.05, 3.63) is 0 Å². The third-order valence-electron chi connectivity index (χ3n) is 3.36. The number of nitrogens with zero attached hydrogens (tertiary/aromatic N) is 1. The average molecular weight is 305 g/mol. The number of nitrogens with one attached hydrogen (secondary N) is 3. The molecule has 0 spiro atoms. The second-order valence-electron chi connectivity index (χ2n) is 4.58. The topological polar surface area (TPSA) is 39.3 Å². The van der Waals surface area contributed by atoms with Crippen LogP contribution in [-0.4, -0.2) is 63.4 Å². The van der Waals surface area contributed by atoms with Gasteiger partial charge in [-0.15, -0.1) is 0 Å². The summed E-state index contributed by atoms with van der Waals surface area (Å²) in [5, 5.41) is 0. The molecule has 2 bridgehead atoms. The Bertz CT molecular complexity index is 171. The quantitative estimate of drug-likeness (QED) is 0.568. The van der Waals surface area contributed by atoms with E-state index in [1.54, 1.807) is 0 Å². The van der Waals surface area contributed by atoms with Gasteiger partial charge in [0.25, 0.3) is 0 Å². The molecule has 0 aromatic carbocycles. The van der Waals surface area contributed by atoms with Gasteiger partial charge < -0.3 is 0 Å². The Morgan fingerprint density at radius 3 is 1.71 bits per heavy atom. The van der Waals surface area contributed by atoms with Gasteiger partial charge in [-0.05, 0) is 0 Å². The van der Waals surface area contributed by atoms with Crippen molar-refractivity contribution in [2.45, 2.75) is 17.8 Å². The van der Waals surface area contributed by atoms with Gasteiger partial charge in [0.05, 0.1) is 0 Å². The molecule has 3 saturated heterocycles. The van der Waals surface area contributed by atoms with Crippen LogP contribution in [0.1, 0.15) is 13.8 Å². The maximum atomic E-state index is 3.81. The van der Waals surface area contributed by atoms with Crippen LogP contribution in [0.3, 0.4) is 0 Å². The van der Waals surface area contributed by atoms with E-state index < -0.39 is 19.2 Å². The first kappa shape index (κ1) is 11.1. The van der Waals surface area contributed by atoms with E-state index in [2.05, 4.69) is 29.4 Å². The van der Waals surface area contributed by atoms with E-state index in [1.165, 1.54) is 19.6 Å². The Morgan fingerprint density at radius 1 is 0.929 bits per heavy atom. The third-order valence-corrected chi connectivity index (χ3v) is 15.2. The molecular formula is C9H22N4Sn. The zero-order chi connectivity index (χ0) is 10.0. The molecule has 0 aromatic heterocycles. The van der Waals surface area contributed by atoms with Crippen molar-refractivity contribution in [3.8, 4) is 0 Å². The van der Waals surface area contributed by atoms with Crippen LogP contribution in [0, 0.1) is 0 Å². The van der Waals surface area contributed by atoms with Crippen LogP contribution >= 0.6 is 0 Å². The first-order valence-electron chi connectivity index (χ1n) is 5.70. The van der Waals surface area contributed by atoms with Crippen LogP contribution in [0.15, 0.2) is 0 Å². The maximum absolute atomic E-state index is 3.81. The van der Waals surface area contributed by atoms with E-state index in [9.17, 15) is 0 Å². The molecule has 0 saturated carbocycles. The second-order valence-corrected chi connectivity index (χ2v) is 15.5. The van der Waals surface area contributed by atoms with E-state index in [0.717, 1.165) is 23.6 Å². The Labute approximate surface area is 91.7 Å². The van der Waals surface area contributed by atoms with Crippen LogP contribution in [0.25, 0.3) is 0 Å². The van der Waals surface area contributed by atoms with Crippen molar-refractivity contribution in [3.63, 3.8) is 0 Å². The van der Waals surface area contributed by atoms with E-state index in [1.807, 2.05) is 0 Å². The summed E-state index contributed by atoms with van der Waals surface area (Å²) in [5.41, 5.74) is 0. The van der Waals surface area contributed by atoms with Gasteiger partial charge in [0.1, 0.15) is 0 Å². The van der Waals surface area contributed by atoms with Crippen LogP contribution in [-0.2, 0) is 0 Å². The first-order chi connectivity index (χ1) is 6.73. The minimum absolute atomic E-state index is 0.772. The van der Waals surface area contributed by atoms with Crippen molar-refractivity contribution in [1.29, 1.82) is 0 Å². The summed E-state index contributed by atoms with van der Waals surface area (Å²) in [6.45, 7) is 11.9. The fraction of sp³-hybridized carbons (Fsp3) is 1.00. The molecule has 3 N–H and O–H groups in total. The fourth-order valence-electron chi connectivity index (χ4n) is 2.37. The van der Waals surface area contributed by atoms with Gasteiger partial charge in [-0.1, -0.05) is 0 Å². The molecular weight excluding hydrogens is 283 g/mol. The van der Waals surface area contributed by atoms with E-state index in [0.29, 0.717) is 0 Å². The molecule has 82 valence electrons. The molecule has 0 aliphatic carbocycles. The SMILES string of the molecule is C[CH](C)[Sn]12[NH]CCN(CC[NH]1)CC[NH]2. The van der Waals surface area contributed by atoms with Crippen LogP contribution in [0.4, 0.5) is 0 Å². The van der Waals surface area contributed by atoms with Crippen LogP contribution < -0.4 is 10.6 Å². The molecule has 5 heteroatoms. The van der Waals surface area contributed by atoms with Gasteiger partial charge in [-0.25, -0.2) is 0 Å². The predicted octanol–water partition coefficient (Wildman–Crippen LogP) is -0.567. The summed E-state index contributed by atoms with van der Waals surface area (Å²) in [7, 11) is 0. The fourth-order valence-corrected chi connectivity index (χ4v) is 11.3. The number of hydrogen-bond donors (Lipinski definition) is 3. The minimum atomic E-state index is -2.37. The summed E-state index contributed by atoms with van der Waals surface area (Å²) in [6, 6.07) is 0. The van der Waals surface area contributed by atoms with Gasteiger partial charge >= 0.3 is 91.8 Å². The number of hydrogen-bond acceptors (Lipinski definition) is 4. The summed E-state index contributed by atoms with van der Waals surface area (Å²) >= 11 is -2.37.